The first-order valence-corrected chi connectivity index (χ1v) is 7.21. The van der Waals surface area contributed by atoms with Gasteiger partial charge >= 0.3 is 0 Å². The molecule has 0 fully saturated rings. The molecule has 1 atom stereocenters. The minimum absolute atomic E-state index is 0.367. The van der Waals surface area contributed by atoms with Gasteiger partial charge in [0.15, 0.2) is 0 Å². The molecule has 0 aliphatic heterocycles. The van der Waals surface area contributed by atoms with E-state index >= 15 is 0 Å². The summed E-state index contributed by atoms with van der Waals surface area (Å²) in [7, 11) is 0. The topological polar surface area (TPSA) is 21.3 Å². The second-order valence-corrected chi connectivity index (χ2v) is 4.98. The van der Waals surface area contributed by atoms with Gasteiger partial charge in [0, 0.05) is 18.2 Å². The number of rotatable bonds is 6. The van der Waals surface area contributed by atoms with Crippen LogP contribution >= 0.6 is 11.3 Å². The lowest BCUT2D eigenvalue weighted by atomic mass is 10.1. The lowest BCUT2D eigenvalue weighted by molar-refractivity contribution is 0.335. The molecule has 96 valence electrons. The van der Waals surface area contributed by atoms with Crippen LogP contribution in [0.15, 0.2) is 41.1 Å². The van der Waals surface area contributed by atoms with E-state index in [1.807, 2.05) is 19.1 Å². The summed E-state index contributed by atoms with van der Waals surface area (Å²) < 4.78 is 5.62. The van der Waals surface area contributed by atoms with Crippen molar-refractivity contribution in [3.05, 3.63) is 52.2 Å². The Morgan fingerprint density at radius 2 is 2.11 bits per heavy atom. The Morgan fingerprint density at radius 1 is 1.28 bits per heavy atom. The molecule has 0 saturated carbocycles. The van der Waals surface area contributed by atoms with Gasteiger partial charge in [0.1, 0.15) is 5.75 Å². The number of hydrogen-bond donors (Lipinski definition) is 1. The van der Waals surface area contributed by atoms with Crippen molar-refractivity contribution >= 4 is 11.3 Å². The normalized spacial score (nSPS) is 12.3. The van der Waals surface area contributed by atoms with Crippen molar-refractivity contribution in [2.24, 2.45) is 0 Å². The molecule has 2 aromatic rings. The van der Waals surface area contributed by atoms with E-state index in [1.165, 1.54) is 11.1 Å². The van der Waals surface area contributed by atoms with Crippen LogP contribution in [0.5, 0.6) is 5.75 Å². The van der Waals surface area contributed by atoms with Crippen LogP contribution in [0, 0.1) is 0 Å². The highest BCUT2D eigenvalue weighted by atomic mass is 32.1. The summed E-state index contributed by atoms with van der Waals surface area (Å²) in [5.41, 5.74) is 2.55. The Bertz CT molecular complexity index is 467. The van der Waals surface area contributed by atoms with E-state index in [1.54, 1.807) is 11.3 Å². The van der Waals surface area contributed by atoms with Gasteiger partial charge in [-0.2, -0.15) is 11.3 Å². The van der Waals surface area contributed by atoms with Gasteiger partial charge in [0.05, 0.1) is 6.61 Å². The predicted molar refractivity (Wildman–Crippen MR) is 77.2 cm³/mol. The number of hydrogen-bond acceptors (Lipinski definition) is 3. The Morgan fingerprint density at radius 3 is 2.83 bits per heavy atom. The van der Waals surface area contributed by atoms with Crippen molar-refractivity contribution in [1.82, 2.24) is 5.32 Å². The zero-order valence-corrected chi connectivity index (χ0v) is 11.7. The molecule has 1 unspecified atom stereocenters. The summed E-state index contributed by atoms with van der Waals surface area (Å²) >= 11 is 1.74. The summed E-state index contributed by atoms with van der Waals surface area (Å²) in [6.45, 7) is 5.73. The maximum Gasteiger partial charge on any atom is 0.123 e. The van der Waals surface area contributed by atoms with Crippen LogP contribution in [0.4, 0.5) is 0 Å². The molecule has 0 spiro atoms. The van der Waals surface area contributed by atoms with E-state index in [-0.39, 0.29) is 0 Å². The summed E-state index contributed by atoms with van der Waals surface area (Å²) in [6.07, 6.45) is 0. The largest absolute Gasteiger partial charge is 0.494 e. The van der Waals surface area contributed by atoms with E-state index in [2.05, 4.69) is 41.2 Å². The van der Waals surface area contributed by atoms with Crippen molar-refractivity contribution in [2.45, 2.75) is 26.4 Å². The highest BCUT2D eigenvalue weighted by Gasteiger charge is 2.07. The van der Waals surface area contributed by atoms with E-state index < -0.39 is 0 Å². The van der Waals surface area contributed by atoms with Gasteiger partial charge in [-0.3, -0.25) is 0 Å². The molecular formula is C15H19NOS. The summed E-state index contributed by atoms with van der Waals surface area (Å²) in [5, 5.41) is 7.83. The maximum absolute atomic E-state index is 5.62. The van der Waals surface area contributed by atoms with Gasteiger partial charge < -0.3 is 10.1 Å². The van der Waals surface area contributed by atoms with Gasteiger partial charge in [-0.15, -0.1) is 0 Å². The first-order valence-electron chi connectivity index (χ1n) is 6.27. The quantitative estimate of drug-likeness (QED) is 0.848. The summed E-state index contributed by atoms with van der Waals surface area (Å²) in [5.74, 6) is 0.977. The molecule has 0 aliphatic rings. The fourth-order valence-electron chi connectivity index (χ4n) is 1.85. The summed E-state index contributed by atoms with van der Waals surface area (Å²) in [6, 6.07) is 10.7. The Hall–Kier alpha value is -1.32. The molecule has 0 amide bonds. The third-order valence-electron chi connectivity index (χ3n) is 2.91. The van der Waals surface area contributed by atoms with Crippen LogP contribution in [-0.2, 0) is 6.54 Å². The number of thiophene rings is 1. The minimum Gasteiger partial charge on any atom is -0.494 e. The van der Waals surface area contributed by atoms with E-state index in [4.69, 9.17) is 4.74 Å². The number of benzene rings is 1. The average Bonchev–Trinajstić information content (AvgIpc) is 2.92. The predicted octanol–water partition coefficient (Wildman–Crippen LogP) is 4.00. The molecule has 0 saturated heterocycles. The Balaban J connectivity index is 1.97. The van der Waals surface area contributed by atoms with E-state index in [0.29, 0.717) is 12.6 Å². The molecule has 0 aliphatic carbocycles. The smallest absolute Gasteiger partial charge is 0.123 e. The van der Waals surface area contributed by atoms with E-state index in [0.717, 1.165) is 12.3 Å². The van der Waals surface area contributed by atoms with Crippen LogP contribution in [0.3, 0.4) is 0 Å². The fraction of sp³-hybridized carbons (Fsp3) is 0.333. The van der Waals surface area contributed by atoms with Crippen LogP contribution in [-0.4, -0.2) is 6.61 Å². The molecule has 3 heteroatoms. The standard InChI is InChI=1S/C15H19NOS/c1-3-17-15-7-5-4-6-13(15)10-16-12(2)14-8-9-18-11-14/h4-9,11-12,16H,3,10H2,1-2H3. The van der Waals surface area contributed by atoms with Crippen LogP contribution < -0.4 is 10.1 Å². The maximum atomic E-state index is 5.62. The molecule has 0 bridgehead atoms. The lowest BCUT2D eigenvalue weighted by Crippen LogP contribution is -2.18. The SMILES string of the molecule is CCOc1ccccc1CNC(C)c1ccsc1. The molecule has 0 radical (unpaired) electrons. The molecule has 1 heterocycles. The molecular weight excluding hydrogens is 242 g/mol. The van der Waals surface area contributed by atoms with Gasteiger partial charge in [0.25, 0.3) is 0 Å². The van der Waals surface area contributed by atoms with Crippen LogP contribution in [0.1, 0.15) is 31.0 Å². The van der Waals surface area contributed by atoms with Crippen molar-refractivity contribution < 1.29 is 4.74 Å². The molecule has 2 rings (SSSR count). The number of ether oxygens (including phenoxy) is 1. The van der Waals surface area contributed by atoms with Crippen molar-refractivity contribution in [3.63, 3.8) is 0 Å². The zero-order valence-electron chi connectivity index (χ0n) is 10.8. The molecule has 1 aromatic carbocycles. The second kappa shape index (κ2) is 6.57. The molecule has 18 heavy (non-hydrogen) atoms. The molecule has 1 N–H and O–H groups in total. The van der Waals surface area contributed by atoms with Gasteiger partial charge in [0.2, 0.25) is 0 Å². The number of para-hydroxylation sites is 1. The second-order valence-electron chi connectivity index (χ2n) is 4.20. The zero-order chi connectivity index (χ0) is 12.8. The summed E-state index contributed by atoms with van der Waals surface area (Å²) in [4.78, 5) is 0. The number of nitrogens with one attached hydrogen (secondary N) is 1. The van der Waals surface area contributed by atoms with Crippen molar-refractivity contribution in [1.29, 1.82) is 0 Å². The lowest BCUT2D eigenvalue weighted by Gasteiger charge is -2.15. The Kier molecular flexibility index (Phi) is 4.79. The Labute approximate surface area is 113 Å². The highest BCUT2D eigenvalue weighted by molar-refractivity contribution is 7.07. The van der Waals surface area contributed by atoms with Gasteiger partial charge in [-0.1, -0.05) is 18.2 Å². The van der Waals surface area contributed by atoms with Gasteiger partial charge in [-0.05, 0) is 42.3 Å². The van der Waals surface area contributed by atoms with Crippen LogP contribution in [0.25, 0.3) is 0 Å². The monoisotopic (exact) mass is 261 g/mol. The van der Waals surface area contributed by atoms with Crippen molar-refractivity contribution in [3.8, 4) is 5.75 Å². The fourth-order valence-corrected chi connectivity index (χ4v) is 2.60. The van der Waals surface area contributed by atoms with Crippen LogP contribution in [0.2, 0.25) is 0 Å². The van der Waals surface area contributed by atoms with Gasteiger partial charge in [-0.25, -0.2) is 0 Å². The first-order chi connectivity index (χ1) is 8.81. The first kappa shape index (κ1) is 13.1. The third-order valence-corrected chi connectivity index (χ3v) is 3.62. The minimum atomic E-state index is 0.367. The molecule has 2 nitrogen and oxygen atoms in total. The van der Waals surface area contributed by atoms with E-state index in [9.17, 15) is 0 Å². The average molecular weight is 261 g/mol. The highest BCUT2D eigenvalue weighted by Crippen LogP contribution is 2.20. The molecule has 1 aromatic heterocycles. The van der Waals surface area contributed by atoms with Crippen molar-refractivity contribution in [2.75, 3.05) is 6.61 Å². The third kappa shape index (κ3) is 3.34.